The molecule has 3 aromatic rings. The number of hydrogen-bond donors (Lipinski definition) is 3. The van der Waals surface area contributed by atoms with E-state index in [1.807, 2.05) is 6.07 Å². The lowest BCUT2D eigenvalue weighted by Crippen LogP contribution is -2.46. The molecule has 0 bridgehead atoms. The number of nitrogen functional groups attached to an aromatic ring is 1. The molecule has 1 fully saturated rings. The molecule has 1 aromatic carbocycles. The second-order valence-corrected chi connectivity index (χ2v) is 7.57. The van der Waals surface area contributed by atoms with Crippen molar-refractivity contribution in [3.63, 3.8) is 0 Å². The Bertz CT molecular complexity index is 1200. The molecule has 1 aliphatic heterocycles. The SMILES string of the molecule is CNC(=O)c1ccc(N2CCN(Cc3cc(F)c4nc(C)c(=O)[nH]c4c3)CC2)c(N)n1. The summed E-state index contributed by atoms with van der Waals surface area (Å²) in [5.74, 6) is -0.407. The van der Waals surface area contributed by atoms with Gasteiger partial charge in [0.1, 0.15) is 22.7 Å². The minimum Gasteiger partial charge on any atom is -0.382 e. The molecular weight excluding hydrogens is 401 g/mol. The van der Waals surface area contributed by atoms with Gasteiger partial charge in [0, 0.05) is 39.8 Å². The van der Waals surface area contributed by atoms with Gasteiger partial charge in [-0.15, -0.1) is 0 Å². The van der Waals surface area contributed by atoms with E-state index in [0.29, 0.717) is 17.9 Å². The minimum atomic E-state index is -0.444. The molecule has 0 atom stereocenters. The Hall–Kier alpha value is -3.53. The molecule has 2 aromatic heterocycles. The van der Waals surface area contributed by atoms with Gasteiger partial charge >= 0.3 is 0 Å². The van der Waals surface area contributed by atoms with Crippen LogP contribution in [0.5, 0.6) is 0 Å². The highest BCUT2D eigenvalue weighted by molar-refractivity contribution is 5.93. The fourth-order valence-electron chi connectivity index (χ4n) is 3.78. The molecule has 9 nitrogen and oxygen atoms in total. The lowest BCUT2D eigenvalue weighted by Gasteiger charge is -2.36. The number of rotatable bonds is 4. The number of carbonyl (C=O) groups is 1. The van der Waals surface area contributed by atoms with Crippen molar-refractivity contribution >= 4 is 28.4 Å². The van der Waals surface area contributed by atoms with E-state index in [0.717, 1.165) is 37.4 Å². The van der Waals surface area contributed by atoms with Crippen LogP contribution in [0.25, 0.3) is 11.0 Å². The molecule has 1 amide bonds. The predicted octanol–water partition coefficient (Wildman–Crippen LogP) is 1.03. The summed E-state index contributed by atoms with van der Waals surface area (Å²) in [5.41, 5.74) is 8.43. The molecule has 0 radical (unpaired) electrons. The van der Waals surface area contributed by atoms with Crippen molar-refractivity contribution in [1.29, 1.82) is 0 Å². The number of aryl methyl sites for hydroxylation is 1. The van der Waals surface area contributed by atoms with E-state index < -0.39 is 5.82 Å². The van der Waals surface area contributed by atoms with Gasteiger partial charge in [-0.25, -0.2) is 14.4 Å². The third kappa shape index (κ3) is 4.19. The van der Waals surface area contributed by atoms with Crippen LogP contribution in [0.2, 0.25) is 0 Å². The summed E-state index contributed by atoms with van der Waals surface area (Å²) in [7, 11) is 1.55. The average molecular weight is 425 g/mol. The van der Waals surface area contributed by atoms with Gasteiger partial charge < -0.3 is 20.9 Å². The lowest BCUT2D eigenvalue weighted by molar-refractivity contribution is 0.0958. The number of fused-ring (bicyclic) bond motifs is 1. The van der Waals surface area contributed by atoms with Gasteiger partial charge in [0.2, 0.25) is 0 Å². The highest BCUT2D eigenvalue weighted by atomic mass is 19.1. The number of pyridine rings is 1. The van der Waals surface area contributed by atoms with Gasteiger partial charge in [-0.1, -0.05) is 0 Å². The Morgan fingerprint density at radius 2 is 1.97 bits per heavy atom. The van der Waals surface area contributed by atoms with Gasteiger partial charge in [-0.05, 0) is 36.8 Å². The van der Waals surface area contributed by atoms with Crippen LogP contribution in [0.1, 0.15) is 21.7 Å². The lowest BCUT2D eigenvalue weighted by atomic mass is 10.1. The van der Waals surface area contributed by atoms with Crippen LogP contribution in [0.15, 0.2) is 29.1 Å². The van der Waals surface area contributed by atoms with Crippen LogP contribution < -0.4 is 21.5 Å². The number of anilines is 2. The molecular formula is C21H24FN7O2. The van der Waals surface area contributed by atoms with Crippen molar-refractivity contribution in [2.45, 2.75) is 13.5 Å². The van der Waals surface area contributed by atoms with Crippen molar-refractivity contribution in [2.24, 2.45) is 0 Å². The maximum atomic E-state index is 14.5. The Labute approximate surface area is 178 Å². The second kappa shape index (κ2) is 8.31. The average Bonchev–Trinajstić information content (AvgIpc) is 2.75. The topological polar surface area (TPSA) is 120 Å². The van der Waals surface area contributed by atoms with Crippen LogP contribution in [0.4, 0.5) is 15.9 Å². The molecule has 0 aliphatic carbocycles. The predicted molar refractivity (Wildman–Crippen MR) is 117 cm³/mol. The summed E-state index contributed by atoms with van der Waals surface area (Å²) in [5, 5.41) is 2.53. The molecule has 1 aliphatic rings. The first kappa shape index (κ1) is 20.7. The Balaban J connectivity index is 1.44. The smallest absolute Gasteiger partial charge is 0.269 e. The quantitative estimate of drug-likeness (QED) is 0.571. The summed E-state index contributed by atoms with van der Waals surface area (Å²) >= 11 is 0. The largest absolute Gasteiger partial charge is 0.382 e. The molecule has 0 unspecified atom stereocenters. The van der Waals surface area contributed by atoms with Crippen LogP contribution in [-0.4, -0.2) is 59.0 Å². The number of aromatic nitrogens is 3. The van der Waals surface area contributed by atoms with Crippen LogP contribution in [0, 0.1) is 12.7 Å². The van der Waals surface area contributed by atoms with E-state index in [2.05, 4.69) is 30.1 Å². The molecule has 31 heavy (non-hydrogen) atoms. The van der Waals surface area contributed by atoms with Crippen molar-refractivity contribution < 1.29 is 9.18 Å². The molecule has 0 saturated carbocycles. The fraction of sp³-hybridized carbons (Fsp3) is 0.333. The number of nitrogens with two attached hydrogens (primary N) is 1. The molecule has 162 valence electrons. The van der Waals surface area contributed by atoms with E-state index >= 15 is 0 Å². The first-order valence-corrected chi connectivity index (χ1v) is 10.0. The number of piperazine rings is 1. The van der Waals surface area contributed by atoms with Gasteiger partial charge in [-0.2, -0.15) is 0 Å². The monoisotopic (exact) mass is 425 g/mol. The van der Waals surface area contributed by atoms with Gasteiger partial charge in [0.15, 0.2) is 5.82 Å². The van der Waals surface area contributed by atoms with E-state index in [1.54, 1.807) is 26.1 Å². The number of aromatic amines is 1. The van der Waals surface area contributed by atoms with E-state index in [1.165, 1.54) is 6.07 Å². The maximum Gasteiger partial charge on any atom is 0.269 e. The zero-order valence-corrected chi connectivity index (χ0v) is 17.4. The van der Waals surface area contributed by atoms with Crippen LogP contribution in [0.3, 0.4) is 0 Å². The summed E-state index contributed by atoms with van der Waals surface area (Å²) in [6.07, 6.45) is 0. The Kier molecular flexibility index (Phi) is 5.55. The van der Waals surface area contributed by atoms with E-state index in [-0.39, 0.29) is 28.4 Å². The summed E-state index contributed by atoms with van der Waals surface area (Å²) in [6, 6.07) is 6.72. The molecule has 4 rings (SSSR count). The first-order valence-electron chi connectivity index (χ1n) is 10.0. The van der Waals surface area contributed by atoms with Gasteiger partial charge in [-0.3, -0.25) is 14.5 Å². The zero-order valence-electron chi connectivity index (χ0n) is 17.4. The van der Waals surface area contributed by atoms with Crippen molar-refractivity contribution in [1.82, 2.24) is 25.2 Å². The molecule has 4 N–H and O–H groups in total. The highest BCUT2D eigenvalue weighted by Crippen LogP contribution is 2.24. The molecule has 3 heterocycles. The zero-order chi connectivity index (χ0) is 22.1. The number of H-pyrrole nitrogens is 1. The first-order chi connectivity index (χ1) is 14.9. The van der Waals surface area contributed by atoms with E-state index in [4.69, 9.17) is 5.73 Å². The number of benzene rings is 1. The summed E-state index contributed by atoms with van der Waals surface area (Å²) < 4.78 is 14.5. The number of nitrogens with one attached hydrogen (secondary N) is 2. The van der Waals surface area contributed by atoms with Crippen molar-refractivity contribution in [2.75, 3.05) is 43.9 Å². The summed E-state index contributed by atoms with van der Waals surface area (Å²) in [4.78, 5) is 38.8. The third-order valence-corrected chi connectivity index (χ3v) is 5.46. The second-order valence-electron chi connectivity index (χ2n) is 7.57. The standard InChI is InChI=1S/C21H24FN7O2/c1-12-20(30)27-16-10-13(9-14(22)18(16)25-12)11-28-5-7-29(8-6-28)17-4-3-15(21(31)24-2)26-19(17)23/h3-4,9-10H,5-8,11H2,1-2H3,(H2,23,26)(H,24,31)(H,27,30). The Morgan fingerprint density at radius 3 is 2.65 bits per heavy atom. The van der Waals surface area contributed by atoms with Gasteiger partial charge in [0.25, 0.3) is 11.5 Å². The maximum absolute atomic E-state index is 14.5. The minimum absolute atomic E-state index is 0.175. The highest BCUT2D eigenvalue weighted by Gasteiger charge is 2.21. The van der Waals surface area contributed by atoms with Crippen LogP contribution >= 0.6 is 0 Å². The molecule has 10 heteroatoms. The number of amides is 1. The molecule has 0 spiro atoms. The number of carbonyl (C=O) groups excluding carboxylic acids is 1. The van der Waals surface area contributed by atoms with Gasteiger partial charge in [0.05, 0.1) is 11.2 Å². The van der Waals surface area contributed by atoms with Crippen molar-refractivity contribution in [3.05, 3.63) is 57.4 Å². The normalized spacial score (nSPS) is 14.7. The van der Waals surface area contributed by atoms with E-state index in [9.17, 15) is 14.0 Å². The van der Waals surface area contributed by atoms with Crippen LogP contribution in [-0.2, 0) is 6.54 Å². The fourth-order valence-corrected chi connectivity index (χ4v) is 3.78. The Morgan fingerprint density at radius 1 is 1.23 bits per heavy atom. The third-order valence-electron chi connectivity index (χ3n) is 5.46. The van der Waals surface area contributed by atoms with Crippen molar-refractivity contribution in [3.8, 4) is 0 Å². The number of hydrogen-bond acceptors (Lipinski definition) is 7. The molecule has 1 saturated heterocycles. The number of halogens is 1. The summed E-state index contributed by atoms with van der Waals surface area (Å²) in [6.45, 7) is 5.05. The number of nitrogens with zero attached hydrogens (tertiary/aromatic N) is 4.